The summed E-state index contributed by atoms with van der Waals surface area (Å²) in [7, 11) is 0. The molecule has 1 atom stereocenters. The van der Waals surface area contributed by atoms with Gasteiger partial charge in [-0.05, 0) is 40.2 Å². The van der Waals surface area contributed by atoms with Crippen molar-refractivity contribution in [1.29, 1.82) is 0 Å². The third kappa shape index (κ3) is 2.66. The minimum atomic E-state index is -0.870. The number of pyridine rings is 1. The van der Waals surface area contributed by atoms with Crippen molar-refractivity contribution >= 4 is 38.9 Å². The lowest BCUT2D eigenvalue weighted by Crippen LogP contribution is -2.20. The van der Waals surface area contributed by atoms with Crippen molar-refractivity contribution in [2.75, 3.05) is 11.9 Å². The van der Waals surface area contributed by atoms with Gasteiger partial charge >= 0.3 is 0 Å². The molecule has 0 aliphatic carbocycles. The van der Waals surface area contributed by atoms with E-state index in [1.165, 1.54) is 18.3 Å². The van der Waals surface area contributed by atoms with Crippen molar-refractivity contribution in [1.82, 2.24) is 4.98 Å². The molecule has 1 unspecified atom stereocenters. The highest BCUT2D eigenvalue weighted by atomic mass is 79.9. The highest BCUT2D eigenvalue weighted by molar-refractivity contribution is 9.10. The predicted octanol–water partition coefficient (Wildman–Crippen LogP) is 3.22. The minimum absolute atomic E-state index is 0.0774. The standard InChI is InChI=1S/C14H10BrClFN3O/c15-7-3-4-9-11(12(7)16)14(19-6-10(21)20-9)13-8(17)2-1-5-18-13/h1-5,10,20-21H,6H2. The maximum Gasteiger partial charge on any atom is 0.151 e. The summed E-state index contributed by atoms with van der Waals surface area (Å²) in [6.07, 6.45) is 0.617. The summed E-state index contributed by atoms with van der Waals surface area (Å²) in [4.78, 5) is 8.32. The second-order valence-electron chi connectivity index (χ2n) is 4.47. The highest BCUT2D eigenvalue weighted by Gasteiger charge is 2.24. The van der Waals surface area contributed by atoms with Crippen LogP contribution in [0.1, 0.15) is 11.3 Å². The van der Waals surface area contributed by atoms with Gasteiger partial charge in [0.15, 0.2) is 5.82 Å². The Morgan fingerprint density at radius 2 is 2.19 bits per heavy atom. The Balaban J connectivity index is 2.27. The fraction of sp³-hybridized carbons (Fsp3) is 0.143. The first-order valence-corrected chi connectivity index (χ1v) is 7.33. The number of benzodiazepines with no additional fused rings is 1. The van der Waals surface area contributed by atoms with Crippen LogP contribution in [0.5, 0.6) is 0 Å². The Bertz CT molecular complexity index is 738. The fourth-order valence-electron chi connectivity index (χ4n) is 2.14. The largest absolute Gasteiger partial charge is 0.372 e. The first kappa shape index (κ1) is 14.4. The molecule has 0 bridgehead atoms. The lowest BCUT2D eigenvalue weighted by Gasteiger charge is -2.14. The Morgan fingerprint density at radius 1 is 1.38 bits per heavy atom. The number of aliphatic imine (C=N–C) groups is 1. The van der Waals surface area contributed by atoms with Gasteiger partial charge in [0, 0.05) is 21.9 Å². The molecule has 2 N–H and O–H groups in total. The molecule has 108 valence electrons. The number of aliphatic hydroxyl groups is 1. The van der Waals surface area contributed by atoms with Gasteiger partial charge in [-0.3, -0.25) is 9.98 Å². The van der Waals surface area contributed by atoms with Crippen LogP contribution >= 0.6 is 27.5 Å². The van der Waals surface area contributed by atoms with Gasteiger partial charge in [0.05, 0.1) is 17.3 Å². The van der Waals surface area contributed by atoms with Crippen molar-refractivity contribution in [2.24, 2.45) is 4.99 Å². The predicted molar refractivity (Wildman–Crippen MR) is 83.5 cm³/mol. The summed E-state index contributed by atoms with van der Waals surface area (Å²) in [5, 5.41) is 13.1. The molecule has 1 aromatic heterocycles. The Labute approximate surface area is 133 Å². The van der Waals surface area contributed by atoms with Crippen LogP contribution in [0.4, 0.5) is 10.1 Å². The molecule has 0 spiro atoms. The second kappa shape index (κ2) is 5.71. The van der Waals surface area contributed by atoms with Crippen molar-refractivity contribution in [2.45, 2.75) is 6.23 Å². The number of aromatic nitrogens is 1. The molecule has 21 heavy (non-hydrogen) atoms. The van der Waals surface area contributed by atoms with E-state index in [4.69, 9.17) is 11.6 Å². The number of halogens is 3. The average molecular weight is 371 g/mol. The third-order valence-electron chi connectivity index (χ3n) is 3.06. The molecule has 7 heteroatoms. The molecule has 0 amide bonds. The van der Waals surface area contributed by atoms with Gasteiger partial charge in [0.2, 0.25) is 0 Å². The number of nitrogens with one attached hydrogen (secondary N) is 1. The Hall–Kier alpha value is -1.50. The van der Waals surface area contributed by atoms with Crippen molar-refractivity contribution in [3.63, 3.8) is 0 Å². The molecule has 0 saturated carbocycles. The number of hydrogen-bond acceptors (Lipinski definition) is 4. The van der Waals surface area contributed by atoms with E-state index in [1.807, 2.05) is 0 Å². The molecule has 3 rings (SSSR count). The minimum Gasteiger partial charge on any atom is -0.372 e. The number of nitrogens with zero attached hydrogens (tertiary/aromatic N) is 2. The van der Waals surface area contributed by atoms with E-state index < -0.39 is 12.0 Å². The van der Waals surface area contributed by atoms with Gasteiger partial charge in [0.1, 0.15) is 11.9 Å². The van der Waals surface area contributed by atoms with Crippen molar-refractivity contribution < 1.29 is 9.50 Å². The lowest BCUT2D eigenvalue weighted by atomic mass is 10.0. The van der Waals surface area contributed by atoms with E-state index in [0.29, 0.717) is 26.5 Å². The van der Waals surface area contributed by atoms with Crippen molar-refractivity contribution in [3.05, 3.63) is 57.0 Å². The molecule has 2 heterocycles. The monoisotopic (exact) mass is 369 g/mol. The maximum absolute atomic E-state index is 14.0. The normalized spacial score (nSPS) is 17.5. The first-order valence-electron chi connectivity index (χ1n) is 6.16. The van der Waals surface area contributed by atoms with Gasteiger partial charge < -0.3 is 10.4 Å². The second-order valence-corrected chi connectivity index (χ2v) is 5.70. The topological polar surface area (TPSA) is 57.5 Å². The lowest BCUT2D eigenvalue weighted by molar-refractivity contribution is 0.213. The number of benzene rings is 1. The zero-order valence-corrected chi connectivity index (χ0v) is 13.0. The summed E-state index contributed by atoms with van der Waals surface area (Å²) in [5.74, 6) is -0.491. The zero-order valence-electron chi connectivity index (χ0n) is 10.6. The van der Waals surface area contributed by atoms with Crippen LogP contribution in [0, 0.1) is 5.82 Å². The summed E-state index contributed by atoms with van der Waals surface area (Å²) in [6.45, 7) is 0.0774. The highest BCUT2D eigenvalue weighted by Crippen LogP contribution is 2.35. The molecular formula is C14H10BrClFN3O. The van der Waals surface area contributed by atoms with Gasteiger partial charge in [-0.25, -0.2) is 4.39 Å². The molecule has 1 aliphatic rings. The summed E-state index contributed by atoms with van der Waals surface area (Å²) >= 11 is 9.67. The molecule has 1 aromatic carbocycles. The van der Waals surface area contributed by atoms with E-state index in [9.17, 15) is 9.50 Å². The number of hydrogen-bond donors (Lipinski definition) is 2. The van der Waals surface area contributed by atoms with E-state index in [2.05, 4.69) is 31.2 Å². The van der Waals surface area contributed by atoms with Crippen molar-refractivity contribution in [3.8, 4) is 0 Å². The van der Waals surface area contributed by atoms with Gasteiger partial charge in [0.25, 0.3) is 0 Å². The molecule has 4 nitrogen and oxygen atoms in total. The third-order valence-corrected chi connectivity index (χ3v) is 4.34. The first-order chi connectivity index (χ1) is 10.1. The van der Waals surface area contributed by atoms with Crippen LogP contribution in [0.3, 0.4) is 0 Å². The fourth-order valence-corrected chi connectivity index (χ4v) is 2.72. The van der Waals surface area contributed by atoms with Crippen LogP contribution in [0.25, 0.3) is 0 Å². The molecular weight excluding hydrogens is 361 g/mol. The zero-order chi connectivity index (χ0) is 15.0. The molecule has 0 saturated heterocycles. The van der Waals surface area contributed by atoms with E-state index in [0.717, 1.165) is 0 Å². The summed E-state index contributed by atoms with van der Waals surface area (Å²) in [5.41, 5.74) is 1.52. The number of anilines is 1. The Morgan fingerprint density at radius 3 is 2.95 bits per heavy atom. The van der Waals surface area contributed by atoms with Gasteiger partial charge in [-0.2, -0.15) is 0 Å². The van der Waals surface area contributed by atoms with Gasteiger partial charge in [-0.1, -0.05) is 11.6 Å². The summed E-state index contributed by atoms with van der Waals surface area (Å²) in [6, 6.07) is 6.31. The number of rotatable bonds is 1. The van der Waals surface area contributed by atoms with Gasteiger partial charge in [-0.15, -0.1) is 0 Å². The molecule has 0 fully saturated rings. The maximum atomic E-state index is 14.0. The van der Waals surface area contributed by atoms with Crippen LogP contribution < -0.4 is 5.32 Å². The molecule has 1 aliphatic heterocycles. The average Bonchev–Trinajstić information content (AvgIpc) is 2.63. The number of aliphatic hydroxyl groups excluding tert-OH is 1. The van der Waals surface area contributed by atoms with E-state index in [1.54, 1.807) is 12.1 Å². The van der Waals surface area contributed by atoms with Crippen LogP contribution in [0.15, 0.2) is 39.9 Å². The SMILES string of the molecule is OC1CN=C(c2ncccc2F)c2c(ccc(Br)c2Cl)N1. The van der Waals surface area contributed by atoms with Crippen LogP contribution in [-0.2, 0) is 0 Å². The molecule has 0 radical (unpaired) electrons. The quantitative estimate of drug-likeness (QED) is 0.810. The van der Waals surface area contributed by atoms with E-state index in [-0.39, 0.29) is 12.2 Å². The van der Waals surface area contributed by atoms with Crippen LogP contribution in [0.2, 0.25) is 5.02 Å². The van der Waals surface area contributed by atoms with Crippen LogP contribution in [-0.4, -0.2) is 28.6 Å². The molecule has 2 aromatic rings. The smallest absolute Gasteiger partial charge is 0.151 e. The Kier molecular flexibility index (Phi) is 3.93. The van der Waals surface area contributed by atoms with E-state index >= 15 is 0 Å². The number of fused-ring (bicyclic) bond motifs is 1. The summed E-state index contributed by atoms with van der Waals surface area (Å²) < 4.78 is 14.7.